The van der Waals surface area contributed by atoms with E-state index < -0.39 is 17.8 Å². The Morgan fingerprint density at radius 3 is 2.63 bits per heavy atom. The number of H-pyrrole nitrogens is 1. The van der Waals surface area contributed by atoms with Gasteiger partial charge in [-0.2, -0.15) is 5.01 Å². The maximum Gasteiger partial charge on any atom is 0.350 e. The van der Waals surface area contributed by atoms with Crippen molar-refractivity contribution in [3.8, 4) is 0 Å². The van der Waals surface area contributed by atoms with Crippen molar-refractivity contribution in [3.05, 3.63) is 65.9 Å². The minimum absolute atomic E-state index is 0.132. The van der Waals surface area contributed by atoms with Crippen LogP contribution in [0.25, 0.3) is 10.9 Å². The van der Waals surface area contributed by atoms with E-state index in [1.165, 1.54) is 4.90 Å². The molecule has 2 heterocycles. The normalized spacial score (nSPS) is 14.7. The summed E-state index contributed by atoms with van der Waals surface area (Å²) in [5, 5.41) is 1.68. The first-order valence-corrected chi connectivity index (χ1v) is 8.63. The summed E-state index contributed by atoms with van der Waals surface area (Å²) in [5.74, 6) is -0.979. The number of rotatable bonds is 3. The number of amides is 4. The van der Waals surface area contributed by atoms with E-state index in [0.29, 0.717) is 5.69 Å². The summed E-state index contributed by atoms with van der Waals surface area (Å²) in [6.45, 7) is 2.25. The van der Waals surface area contributed by atoms with Gasteiger partial charge in [0.15, 0.2) is 0 Å². The molecule has 4 amide bonds. The molecule has 1 aliphatic rings. The minimum atomic E-state index is -0.572. The lowest BCUT2D eigenvalue weighted by Gasteiger charge is -2.33. The van der Waals surface area contributed by atoms with E-state index in [1.54, 1.807) is 18.2 Å². The van der Waals surface area contributed by atoms with Crippen LogP contribution >= 0.6 is 0 Å². The number of anilines is 1. The molecule has 0 bridgehead atoms. The number of aryl methyl sites for hydroxylation is 1. The maximum absolute atomic E-state index is 12.7. The van der Waals surface area contributed by atoms with Crippen LogP contribution in [0, 0.1) is 6.92 Å². The number of hydrogen-bond acceptors (Lipinski definition) is 3. The summed E-state index contributed by atoms with van der Waals surface area (Å²) in [5.41, 5.74) is 5.28. The monoisotopic (exact) mass is 362 g/mol. The summed E-state index contributed by atoms with van der Waals surface area (Å²) in [7, 11) is 0. The van der Waals surface area contributed by atoms with Crippen LogP contribution in [0.1, 0.15) is 22.5 Å². The number of benzene rings is 2. The van der Waals surface area contributed by atoms with E-state index in [0.717, 1.165) is 21.5 Å². The predicted octanol–water partition coefficient (Wildman–Crippen LogP) is 2.98. The molecule has 3 aromatic rings. The van der Waals surface area contributed by atoms with E-state index in [2.05, 4.69) is 10.4 Å². The highest BCUT2D eigenvalue weighted by Crippen LogP contribution is 2.20. The zero-order valence-corrected chi connectivity index (χ0v) is 14.7. The van der Waals surface area contributed by atoms with Crippen LogP contribution in [-0.2, 0) is 4.79 Å². The smallest absolute Gasteiger partial charge is 0.350 e. The molecule has 0 spiro atoms. The van der Waals surface area contributed by atoms with Gasteiger partial charge >= 0.3 is 6.03 Å². The molecule has 27 heavy (non-hydrogen) atoms. The average Bonchev–Trinajstić information content (AvgIpc) is 3.09. The van der Waals surface area contributed by atoms with Gasteiger partial charge in [-0.1, -0.05) is 29.8 Å². The Kier molecular flexibility index (Phi) is 4.12. The fourth-order valence-corrected chi connectivity index (χ4v) is 3.14. The molecule has 1 saturated heterocycles. The van der Waals surface area contributed by atoms with E-state index in [9.17, 15) is 14.4 Å². The summed E-state index contributed by atoms with van der Waals surface area (Å²) in [6.07, 6.45) is 0.132. The molecule has 0 aliphatic carbocycles. The number of carbonyl (C=O) groups is 3. The van der Waals surface area contributed by atoms with Gasteiger partial charge in [0.2, 0.25) is 0 Å². The van der Waals surface area contributed by atoms with Crippen molar-refractivity contribution in [2.24, 2.45) is 0 Å². The van der Waals surface area contributed by atoms with Gasteiger partial charge in [0.25, 0.3) is 11.8 Å². The van der Waals surface area contributed by atoms with Crippen LogP contribution in [-0.4, -0.2) is 34.4 Å². The highest BCUT2D eigenvalue weighted by atomic mass is 16.2. The van der Waals surface area contributed by atoms with Crippen LogP contribution in [0.5, 0.6) is 0 Å². The zero-order valence-electron chi connectivity index (χ0n) is 14.7. The molecule has 1 aliphatic heterocycles. The SMILES string of the molecule is Cc1ccc2[nH]c(C(=O)NN3C(=O)CCN(c4ccccc4)C3=O)cc2c1. The number of nitrogens with one attached hydrogen (secondary N) is 2. The van der Waals surface area contributed by atoms with Crippen molar-refractivity contribution >= 4 is 34.4 Å². The predicted molar refractivity (Wildman–Crippen MR) is 101 cm³/mol. The average molecular weight is 362 g/mol. The van der Waals surface area contributed by atoms with Crippen LogP contribution < -0.4 is 10.3 Å². The molecule has 4 rings (SSSR count). The van der Waals surface area contributed by atoms with Gasteiger partial charge in [0, 0.05) is 29.6 Å². The van der Waals surface area contributed by atoms with Crippen molar-refractivity contribution < 1.29 is 14.4 Å². The van der Waals surface area contributed by atoms with Gasteiger partial charge < -0.3 is 4.98 Å². The number of carbonyl (C=O) groups excluding carboxylic acids is 3. The molecule has 7 heteroatoms. The van der Waals surface area contributed by atoms with Gasteiger partial charge in [0.05, 0.1) is 0 Å². The Labute approximate surface area is 155 Å². The number of hydrogen-bond donors (Lipinski definition) is 2. The highest BCUT2D eigenvalue weighted by Gasteiger charge is 2.34. The van der Waals surface area contributed by atoms with E-state index in [-0.39, 0.29) is 18.7 Å². The number of aromatic amines is 1. The molecule has 1 aromatic heterocycles. The highest BCUT2D eigenvalue weighted by molar-refractivity contribution is 6.08. The fourth-order valence-electron chi connectivity index (χ4n) is 3.14. The summed E-state index contributed by atoms with van der Waals surface area (Å²) in [6, 6.07) is 16.0. The third kappa shape index (κ3) is 3.15. The Morgan fingerprint density at radius 1 is 1.07 bits per heavy atom. The van der Waals surface area contributed by atoms with Gasteiger partial charge in [0.1, 0.15) is 5.69 Å². The van der Waals surface area contributed by atoms with Gasteiger partial charge in [-0.05, 0) is 37.3 Å². The number of aromatic nitrogens is 1. The minimum Gasteiger partial charge on any atom is -0.350 e. The first-order chi connectivity index (χ1) is 13.0. The second-order valence-electron chi connectivity index (χ2n) is 6.46. The lowest BCUT2D eigenvalue weighted by atomic mass is 10.2. The Hall–Kier alpha value is -3.61. The third-order valence-electron chi connectivity index (χ3n) is 4.52. The summed E-state index contributed by atoms with van der Waals surface area (Å²) in [4.78, 5) is 42.0. The molecule has 0 atom stereocenters. The topological polar surface area (TPSA) is 85.5 Å². The van der Waals surface area contributed by atoms with E-state index in [4.69, 9.17) is 0 Å². The number of urea groups is 1. The first kappa shape index (κ1) is 16.8. The third-order valence-corrected chi connectivity index (χ3v) is 4.52. The van der Waals surface area contributed by atoms with Crippen molar-refractivity contribution in [1.82, 2.24) is 15.4 Å². The second-order valence-corrected chi connectivity index (χ2v) is 6.46. The van der Waals surface area contributed by atoms with Gasteiger partial charge in [-0.3, -0.25) is 19.9 Å². The molecule has 2 N–H and O–H groups in total. The molecule has 7 nitrogen and oxygen atoms in total. The Balaban J connectivity index is 1.56. The summed E-state index contributed by atoms with van der Waals surface area (Å²) < 4.78 is 0. The molecule has 0 radical (unpaired) electrons. The number of imide groups is 1. The van der Waals surface area contributed by atoms with Crippen LogP contribution in [0.3, 0.4) is 0 Å². The lowest BCUT2D eigenvalue weighted by Crippen LogP contribution is -2.59. The molecule has 0 saturated carbocycles. The summed E-state index contributed by atoms with van der Waals surface area (Å²) >= 11 is 0. The quantitative estimate of drug-likeness (QED) is 0.751. The Bertz CT molecular complexity index is 1040. The Morgan fingerprint density at radius 2 is 1.85 bits per heavy atom. The van der Waals surface area contributed by atoms with Gasteiger partial charge in [-0.15, -0.1) is 0 Å². The largest absolute Gasteiger partial charge is 0.350 e. The molecular weight excluding hydrogens is 344 g/mol. The number of para-hydroxylation sites is 1. The van der Waals surface area contributed by atoms with Crippen molar-refractivity contribution in [2.45, 2.75) is 13.3 Å². The molecule has 136 valence electrons. The van der Waals surface area contributed by atoms with Crippen LogP contribution in [0.15, 0.2) is 54.6 Å². The van der Waals surface area contributed by atoms with E-state index >= 15 is 0 Å². The molecule has 0 unspecified atom stereocenters. The van der Waals surface area contributed by atoms with Crippen molar-refractivity contribution in [2.75, 3.05) is 11.4 Å². The fraction of sp³-hybridized carbons (Fsp3) is 0.150. The van der Waals surface area contributed by atoms with Crippen LogP contribution in [0.4, 0.5) is 10.5 Å². The second kappa shape index (κ2) is 6.60. The van der Waals surface area contributed by atoms with Crippen molar-refractivity contribution in [3.63, 3.8) is 0 Å². The lowest BCUT2D eigenvalue weighted by molar-refractivity contribution is -0.130. The van der Waals surface area contributed by atoms with Crippen LogP contribution in [0.2, 0.25) is 0 Å². The number of fused-ring (bicyclic) bond motifs is 1. The standard InChI is InChI=1S/C20H18N4O3/c1-13-7-8-16-14(11-13)12-17(21-16)19(26)22-24-18(25)9-10-23(20(24)27)15-5-3-2-4-6-15/h2-8,11-12,21H,9-10H2,1H3,(H,22,26). The van der Waals surface area contributed by atoms with Gasteiger partial charge in [-0.25, -0.2) is 4.79 Å². The van der Waals surface area contributed by atoms with E-state index in [1.807, 2.05) is 43.3 Å². The molecule has 2 aromatic carbocycles. The number of nitrogens with zero attached hydrogens (tertiary/aromatic N) is 2. The zero-order chi connectivity index (χ0) is 19.0. The number of hydrazine groups is 1. The molecular formula is C20H18N4O3. The molecule has 1 fully saturated rings. The first-order valence-electron chi connectivity index (χ1n) is 8.63. The maximum atomic E-state index is 12.7. The van der Waals surface area contributed by atoms with Crippen molar-refractivity contribution in [1.29, 1.82) is 0 Å².